The second-order valence-electron chi connectivity index (χ2n) is 9.62. The van der Waals surface area contributed by atoms with Crippen molar-refractivity contribution >= 4 is 28.6 Å². The second kappa shape index (κ2) is 8.86. The molecule has 1 fully saturated rings. The Morgan fingerprint density at radius 1 is 1.21 bits per heavy atom. The molecular formula is C23H34N2O2S2. The molecule has 3 rings (SSSR count). The average molecular weight is 435 g/mol. The van der Waals surface area contributed by atoms with Crippen LogP contribution in [0.25, 0.3) is 0 Å². The van der Waals surface area contributed by atoms with Crippen LogP contribution in [0.4, 0.5) is 0 Å². The molecule has 1 unspecified atom stereocenters. The largest absolute Gasteiger partial charge is 0.481 e. The molecule has 0 aromatic carbocycles. The first-order valence-corrected chi connectivity index (χ1v) is 12.3. The van der Waals surface area contributed by atoms with Gasteiger partial charge in [0.1, 0.15) is 5.01 Å². The van der Waals surface area contributed by atoms with E-state index in [-0.39, 0.29) is 6.42 Å². The van der Waals surface area contributed by atoms with Crippen molar-refractivity contribution in [3.8, 4) is 0 Å². The van der Waals surface area contributed by atoms with E-state index >= 15 is 0 Å². The van der Waals surface area contributed by atoms with Crippen molar-refractivity contribution in [3.63, 3.8) is 0 Å². The molecule has 1 atom stereocenters. The van der Waals surface area contributed by atoms with Crippen molar-refractivity contribution in [2.45, 2.75) is 84.1 Å². The van der Waals surface area contributed by atoms with E-state index in [1.54, 1.807) is 11.3 Å². The van der Waals surface area contributed by atoms with Gasteiger partial charge in [-0.05, 0) is 55.6 Å². The number of thiophene rings is 1. The maximum atomic E-state index is 11.6. The summed E-state index contributed by atoms with van der Waals surface area (Å²) in [4.78, 5) is 18.9. The number of carboxylic acid groups (broad SMARTS) is 1. The van der Waals surface area contributed by atoms with Crippen molar-refractivity contribution in [1.29, 1.82) is 0 Å². The van der Waals surface area contributed by atoms with Gasteiger partial charge in [0.2, 0.25) is 0 Å². The third-order valence-electron chi connectivity index (χ3n) is 6.34. The van der Waals surface area contributed by atoms with Crippen molar-refractivity contribution in [1.82, 2.24) is 4.98 Å². The Kier molecular flexibility index (Phi) is 6.86. The number of rotatable bonds is 7. The number of thiazole rings is 1. The zero-order chi connectivity index (χ0) is 21.2. The quantitative estimate of drug-likeness (QED) is 0.564. The Labute approximate surface area is 182 Å². The number of carboxylic acids is 1. The topological polar surface area (TPSA) is 76.2 Å². The number of aromatic nitrogens is 1. The van der Waals surface area contributed by atoms with E-state index in [9.17, 15) is 9.90 Å². The zero-order valence-corrected chi connectivity index (χ0v) is 19.7. The van der Waals surface area contributed by atoms with Crippen LogP contribution in [0.3, 0.4) is 0 Å². The number of hydrogen-bond acceptors (Lipinski definition) is 5. The fourth-order valence-electron chi connectivity index (χ4n) is 4.46. The van der Waals surface area contributed by atoms with Crippen LogP contribution in [0.1, 0.15) is 86.2 Å². The molecule has 0 aliphatic heterocycles. The summed E-state index contributed by atoms with van der Waals surface area (Å²) in [6.45, 7) is 9.14. The molecule has 1 aliphatic rings. The van der Waals surface area contributed by atoms with E-state index in [1.165, 1.54) is 29.1 Å². The molecule has 0 radical (unpaired) electrons. The smallest absolute Gasteiger partial charge is 0.305 e. The van der Waals surface area contributed by atoms with Crippen LogP contribution < -0.4 is 5.73 Å². The summed E-state index contributed by atoms with van der Waals surface area (Å²) in [7, 11) is 0. The lowest BCUT2D eigenvalue weighted by molar-refractivity contribution is -0.138. The van der Waals surface area contributed by atoms with Crippen molar-refractivity contribution in [3.05, 3.63) is 38.0 Å². The average Bonchev–Trinajstić information content (AvgIpc) is 3.30. The number of carbonyl (C=O) groups is 1. The van der Waals surface area contributed by atoms with Gasteiger partial charge in [-0.1, -0.05) is 27.7 Å². The fourth-order valence-corrected chi connectivity index (χ4v) is 6.56. The van der Waals surface area contributed by atoms with Gasteiger partial charge in [0.05, 0.1) is 17.7 Å². The minimum atomic E-state index is -0.951. The van der Waals surface area contributed by atoms with E-state index in [0.29, 0.717) is 17.8 Å². The number of aryl methyl sites for hydroxylation is 1. The first-order valence-electron chi connectivity index (χ1n) is 10.6. The Hall–Kier alpha value is -1.24. The highest BCUT2D eigenvalue weighted by atomic mass is 32.1. The summed E-state index contributed by atoms with van der Waals surface area (Å²) in [5.41, 5.74) is 7.22. The molecular weight excluding hydrogens is 400 g/mol. The predicted octanol–water partition coefficient (Wildman–Crippen LogP) is 5.96. The molecule has 0 amide bonds. The summed E-state index contributed by atoms with van der Waals surface area (Å²) in [5.74, 6) is 0.368. The van der Waals surface area contributed by atoms with Gasteiger partial charge in [-0.2, -0.15) is 0 Å². The zero-order valence-electron chi connectivity index (χ0n) is 18.0. The lowest BCUT2D eigenvalue weighted by atomic mass is 9.69. The van der Waals surface area contributed by atoms with Gasteiger partial charge < -0.3 is 10.8 Å². The van der Waals surface area contributed by atoms with Crippen LogP contribution in [0.15, 0.2) is 17.5 Å². The highest BCUT2D eigenvalue weighted by Crippen LogP contribution is 2.44. The van der Waals surface area contributed by atoms with Gasteiger partial charge >= 0.3 is 5.97 Å². The molecule has 2 heterocycles. The third kappa shape index (κ3) is 5.47. The molecule has 0 spiro atoms. The van der Waals surface area contributed by atoms with Gasteiger partial charge in [-0.15, -0.1) is 22.7 Å². The normalized spacial score (nSPS) is 22.4. The maximum absolute atomic E-state index is 11.6. The van der Waals surface area contributed by atoms with E-state index in [4.69, 9.17) is 10.7 Å². The van der Waals surface area contributed by atoms with Gasteiger partial charge in [-0.25, -0.2) is 4.98 Å². The number of hydrogen-bond donors (Lipinski definition) is 2. The van der Waals surface area contributed by atoms with Crippen molar-refractivity contribution in [2.24, 2.45) is 17.1 Å². The Morgan fingerprint density at radius 3 is 2.41 bits per heavy atom. The lowest BCUT2D eigenvalue weighted by Gasteiger charge is -2.36. The molecule has 2 aromatic rings. The summed E-state index contributed by atoms with van der Waals surface area (Å²) in [6, 6.07) is 4.19. The molecule has 0 bridgehead atoms. The van der Waals surface area contributed by atoms with Crippen LogP contribution in [0.2, 0.25) is 0 Å². The van der Waals surface area contributed by atoms with Crippen LogP contribution in [0.5, 0.6) is 0 Å². The van der Waals surface area contributed by atoms with E-state index in [2.05, 4.69) is 45.2 Å². The molecule has 1 aliphatic carbocycles. The van der Waals surface area contributed by atoms with Gasteiger partial charge in [0, 0.05) is 27.5 Å². The van der Waals surface area contributed by atoms with Gasteiger partial charge in [-0.3, -0.25) is 4.79 Å². The molecule has 0 saturated heterocycles. The standard InChI is InChI=1S/C23H34N2O2S2/c1-5-17-10-11-18(29-17)12-23(24,13-20(26)27)21-25-19(14-28-21)15-6-8-16(9-7-15)22(2,3)4/h10-11,14-16H,5-9,12-13,24H2,1-4H3,(H,26,27). The number of aliphatic carboxylic acids is 1. The highest BCUT2D eigenvalue weighted by Gasteiger charge is 2.36. The predicted molar refractivity (Wildman–Crippen MR) is 122 cm³/mol. The van der Waals surface area contributed by atoms with E-state index < -0.39 is 11.5 Å². The van der Waals surface area contributed by atoms with Crippen molar-refractivity contribution < 1.29 is 9.90 Å². The molecule has 29 heavy (non-hydrogen) atoms. The molecule has 2 aromatic heterocycles. The lowest BCUT2D eigenvalue weighted by Crippen LogP contribution is -2.41. The first kappa shape index (κ1) is 22.4. The van der Waals surface area contributed by atoms with E-state index in [0.717, 1.165) is 40.8 Å². The maximum Gasteiger partial charge on any atom is 0.305 e. The molecule has 1 saturated carbocycles. The third-order valence-corrected chi connectivity index (χ3v) is 8.65. The number of nitrogens with zero attached hydrogens (tertiary/aromatic N) is 1. The second-order valence-corrected chi connectivity index (χ2v) is 11.7. The molecule has 3 N–H and O–H groups in total. The Bertz CT molecular complexity index is 828. The SMILES string of the molecule is CCc1ccc(CC(N)(CC(=O)O)c2nc(C3CCC(C(C)(C)C)CC3)cs2)s1. The summed E-state index contributed by atoms with van der Waals surface area (Å²) < 4.78 is 0. The molecule has 6 heteroatoms. The Morgan fingerprint density at radius 2 is 1.86 bits per heavy atom. The minimum Gasteiger partial charge on any atom is -0.481 e. The first-order chi connectivity index (χ1) is 13.6. The van der Waals surface area contributed by atoms with Crippen LogP contribution in [-0.2, 0) is 23.2 Å². The highest BCUT2D eigenvalue weighted by molar-refractivity contribution is 7.12. The summed E-state index contributed by atoms with van der Waals surface area (Å²) in [6.07, 6.45) is 6.19. The monoisotopic (exact) mass is 434 g/mol. The minimum absolute atomic E-state index is 0.101. The summed E-state index contributed by atoms with van der Waals surface area (Å²) >= 11 is 3.26. The molecule has 4 nitrogen and oxygen atoms in total. The Balaban J connectivity index is 1.76. The molecule has 160 valence electrons. The van der Waals surface area contributed by atoms with Crippen LogP contribution in [0, 0.1) is 11.3 Å². The van der Waals surface area contributed by atoms with E-state index in [1.807, 2.05) is 0 Å². The van der Waals surface area contributed by atoms with Gasteiger partial charge in [0.25, 0.3) is 0 Å². The van der Waals surface area contributed by atoms with Gasteiger partial charge in [0.15, 0.2) is 0 Å². The van der Waals surface area contributed by atoms with Crippen LogP contribution in [-0.4, -0.2) is 16.1 Å². The van der Waals surface area contributed by atoms with Crippen LogP contribution >= 0.6 is 22.7 Å². The fraction of sp³-hybridized carbons (Fsp3) is 0.652. The number of nitrogens with two attached hydrogens (primary N) is 1. The van der Waals surface area contributed by atoms with Crippen molar-refractivity contribution in [2.75, 3.05) is 0 Å². The summed E-state index contributed by atoms with van der Waals surface area (Å²) in [5, 5.41) is 12.4.